The predicted molar refractivity (Wildman–Crippen MR) is 38.1 cm³/mol. The average Bonchev–Trinajstić information content (AvgIpc) is 2.36. The Morgan fingerprint density at radius 1 is 1.30 bits per heavy atom. The second-order valence-corrected chi connectivity index (χ2v) is 5.05. The molecule has 0 spiro atoms. The van der Waals surface area contributed by atoms with E-state index < -0.39 is 10.0 Å². The Hall–Kier alpha value is -0.0900. The zero-order valence-corrected chi connectivity index (χ0v) is 6.60. The highest BCUT2D eigenvalue weighted by Gasteiger charge is 2.39. The van der Waals surface area contributed by atoms with Crippen molar-refractivity contribution in [2.24, 2.45) is 0 Å². The van der Waals surface area contributed by atoms with E-state index in [4.69, 9.17) is 0 Å². The second kappa shape index (κ2) is 1.95. The Kier molecular flexibility index (Phi) is 1.29. The minimum absolute atomic E-state index is 0.366. The molecule has 0 aromatic rings. The van der Waals surface area contributed by atoms with Crippen molar-refractivity contribution < 1.29 is 8.42 Å². The third-order valence-electron chi connectivity index (χ3n) is 2.39. The van der Waals surface area contributed by atoms with Gasteiger partial charge in [-0.25, -0.2) is 8.42 Å². The van der Waals surface area contributed by atoms with E-state index in [9.17, 15) is 8.42 Å². The lowest BCUT2D eigenvalue weighted by Crippen LogP contribution is -2.27. The summed E-state index contributed by atoms with van der Waals surface area (Å²) < 4.78 is 24.0. The fourth-order valence-corrected chi connectivity index (χ4v) is 3.74. The second-order valence-electron chi connectivity index (χ2n) is 3.01. The summed E-state index contributed by atoms with van der Waals surface area (Å²) in [4.78, 5) is 0. The van der Waals surface area contributed by atoms with E-state index in [1.165, 1.54) is 0 Å². The molecule has 2 fully saturated rings. The third-order valence-corrected chi connectivity index (χ3v) is 4.34. The summed E-state index contributed by atoms with van der Waals surface area (Å²) in [5.41, 5.74) is 0. The highest BCUT2D eigenvalue weighted by Crippen LogP contribution is 2.29. The smallest absolute Gasteiger partial charge is 0.212 e. The molecule has 0 N–H and O–H groups in total. The Balaban J connectivity index is 2.32. The van der Waals surface area contributed by atoms with Crippen LogP contribution in [0.1, 0.15) is 19.3 Å². The van der Waals surface area contributed by atoms with Gasteiger partial charge in [0.2, 0.25) is 10.0 Å². The summed E-state index contributed by atoms with van der Waals surface area (Å²) in [6.07, 6.45) is 3.01. The summed E-state index contributed by atoms with van der Waals surface area (Å²) in [6, 6.07) is 0.366. The maximum atomic E-state index is 11.2. The van der Waals surface area contributed by atoms with Crippen molar-refractivity contribution >= 4 is 10.0 Å². The molecule has 2 heterocycles. The third kappa shape index (κ3) is 0.787. The first-order chi connectivity index (χ1) is 4.70. The molecule has 4 heteroatoms. The Morgan fingerprint density at radius 3 is 2.80 bits per heavy atom. The standard InChI is InChI=1S/C6H11NO2S/c8-10(9)5-3-6-2-1-4-7(6)10/h6H,1-5H2/t6-/m0/s1. The van der Waals surface area contributed by atoms with E-state index in [-0.39, 0.29) is 0 Å². The molecule has 0 amide bonds. The van der Waals surface area contributed by atoms with Gasteiger partial charge in [-0.1, -0.05) is 0 Å². The van der Waals surface area contributed by atoms with E-state index in [1.807, 2.05) is 0 Å². The molecule has 2 aliphatic heterocycles. The van der Waals surface area contributed by atoms with Crippen LogP contribution in [0.5, 0.6) is 0 Å². The fourth-order valence-electron chi connectivity index (χ4n) is 1.87. The van der Waals surface area contributed by atoms with Crippen molar-refractivity contribution in [1.82, 2.24) is 4.31 Å². The molecule has 0 unspecified atom stereocenters. The number of hydrogen-bond acceptors (Lipinski definition) is 2. The van der Waals surface area contributed by atoms with Gasteiger partial charge < -0.3 is 0 Å². The molecule has 10 heavy (non-hydrogen) atoms. The lowest BCUT2D eigenvalue weighted by atomic mass is 10.2. The monoisotopic (exact) mass is 161 g/mol. The molecular weight excluding hydrogens is 150 g/mol. The highest BCUT2D eigenvalue weighted by molar-refractivity contribution is 7.89. The molecule has 0 saturated carbocycles. The Morgan fingerprint density at radius 2 is 2.10 bits per heavy atom. The van der Waals surface area contributed by atoms with Gasteiger partial charge in [0.25, 0.3) is 0 Å². The molecular formula is C6H11NO2S. The topological polar surface area (TPSA) is 37.4 Å². The largest absolute Gasteiger partial charge is 0.214 e. The van der Waals surface area contributed by atoms with Gasteiger partial charge in [-0.15, -0.1) is 0 Å². The van der Waals surface area contributed by atoms with Crippen LogP contribution >= 0.6 is 0 Å². The molecule has 0 aromatic heterocycles. The lowest BCUT2D eigenvalue weighted by Gasteiger charge is -2.11. The normalized spacial score (nSPS) is 38.2. The molecule has 0 radical (unpaired) electrons. The summed E-state index contributed by atoms with van der Waals surface area (Å²) in [7, 11) is -2.79. The maximum Gasteiger partial charge on any atom is 0.214 e. The number of hydrogen-bond donors (Lipinski definition) is 0. The van der Waals surface area contributed by atoms with Crippen molar-refractivity contribution in [2.75, 3.05) is 12.3 Å². The summed E-state index contributed by atoms with van der Waals surface area (Å²) in [6.45, 7) is 0.771. The minimum Gasteiger partial charge on any atom is -0.212 e. The molecule has 2 aliphatic rings. The summed E-state index contributed by atoms with van der Waals surface area (Å²) in [5.74, 6) is 0.387. The molecule has 58 valence electrons. The van der Waals surface area contributed by atoms with Crippen molar-refractivity contribution in [3.8, 4) is 0 Å². The van der Waals surface area contributed by atoms with Gasteiger partial charge in [0.05, 0.1) is 5.75 Å². The van der Waals surface area contributed by atoms with E-state index in [0.717, 1.165) is 25.8 Å². The van der Waals surface area contributed by atoms with Crippen LogP contribution in [0.4, 0.5) is 0 Å². The molecule has 2 saturated heterocycles. The maximum absolute atomic E-state index is 11.2. The van der Waals surface area contributed by atoms with Gasteiger partial charge in [0, 0.05) is 12.6 Å². The first-order valence-electron chi connectivity index (χ1n) is 3.70. The van der Waals surface area contributed by atoms with Crippen LogP contribution in [0.25, 0.3) is 0 Å². The molecule has 1 atom stereocenters. The van der Waals surface area contributed by atoms with Crippen molar-refractivity contribution in [2.45, 2.75) is 25.3 Å². The van der Waals surface area contributed by atoms with E-state index in [2.05, 4.69) is 0 Å². The van der Waals surface area contributed by atoms with Crippen LogP contribution in [0, 0.1) is 0 Å². The molecule has 3 nitrogen and oxygen atoms in total. The van der Waals surface area contributed by atoms with Gasteiger partial charge in [0.1, 0.15) is 0 Å². The molecule has 0 bridgehead atoms. The van der Waals surface area contributed by atoms with Crippen LogP contribution in [0.2, 0.25) is 0 Å². The predicted octanol–water partition coefficient (Wildman–Crippen LogP) is 0.184. The molecule has 0 aromatic carbocycles. The van der Waals surface area contributed by atoms with Gasteiger partial charge >= 0.3 is 0 Å². The lowest BCUT2D eigenvalue weighted by molar-refractivity contribution is 0.420. The van der Waals surface area contributed by atoms with Crippen LogP contribution in [-0.4, -0.2) is 31.1 Å². The Labute approximate surface area is 61.1 Å². The van der Waals surface area contributed by atoms with Crippen LogP contribution < -0.4 is 0 Å². The van der Waals surface area contributed by atoms with Gasteiger partial charge in [0.15, 0.2) is 0 Å². The Bertz CT molecular complexity index is 234. The van der Waals surface area contributed by atoms with Crippen LogP contribution in [0.15, 0.2) is 0 Å². The van der Waals surface area contributed by atoms with Gasteiger partial charge in [-0.05, 0) is 19.3 Å². The van der Waals surface area contributed by atoms with E-state index in [0.29, 0.717) is 11.8 Å². The van der Waals surface area contributed by atoms with Crippen molar-refractivity contribution in [3.05, 3.63) is 0 Å². The summed E-state index contributed by atoms with van der Waals surface area (Å²) >= 11 is 0. The van der Waals surface area contributed by atoms with E-state index in [1.54, 1.807) is 4.31 Å². The number of fused-ring (bicyclic) bond motifs is 1. The van der Waals surface area contributed by atoms with Gasteiger partial charge in [-0.2, -0.15) is 4.31 Å². The van der Waals surface area contributed by atoms with E-state index >= 15 is 0 Å². The van der Waals surface area contributed by atoms with Crippen LogP contribution in [0.3, 0.4) is 0 Å². The zero-order chi connectivity index (χ0) is 7.19. The number of rotatable bonds is 0. The van der Waals surface area contributed by atoms with Crippen molar-refractivity contribution in [1.29, 1.82) is 0 Å². The SMILES string of the molecule is O=S1(=O)CC[C@@H]2CCCN21. The first-order valence-corrected chi connectivity index (χ1v) is 5.30. The highest BCUT2D eigenvalue weighted by atomic mass is 32.2. The zero-order valence-electron chi connectivity index (χ0n) is 5.78. The molecule has 2 rings (SSSR count). The number of sulfonamides is 1. The van der Waals surface area contributed by atoms with Crippen molar-refractivity contribution in [3.63, 3.8) is 0 Å². The van der Waals surface area contributed by atoms with Crippen LogP contribution in [-0.2, 0) is 10.0 Å². The van der Waals surface area contributed by atoms with Gasteiger partial charge in [-0.3, -0.25) is 0 Å². The quantitative estimate of drug-likeness (QED) is 0.508. The number of nitrogens with zero attached hydrogens (tertiary/aromatic N) is 1. The minimum atomic E-state index is -2.79. The molecule has 0 aliphatic carbocycles. The average molecular weight is 161 g/mol. The fraction of sp³-hybridized carbons (Fsp3) is 1.00. The first kappa shape index (κ1) is 6.61. The summed E-state index contributed by atoms with van der Waals surface area (Å²) in [5, 5.41) is 0.